The van der Waals surface area contributed by atoms with Crippen LogP contribution in [0, 0.1) is 0 Å². The van der Waals surface area contributed by atoms with Crippen molar-refractivity contribution in [1.82, 2.24) is 15.1 Å². The Labute approximate surface area is 128 Å². The Morgan fingerprint density at radius 2 is 1.95 bits per heavy atom. The van der Waals surface area contributed by atoms with Crippen molar-refractivity contribution in [3.8, 4) is 0 Å². The molecule has 3 heteroatoms. The van der Waals surface area contributed by atoms with Crippen LogP contribution in [0.5, 0.6) is 0 Å². The summed E-state index contributed by atoms with van der Waals surface area (Å²) in [5.41, 5.74) is 2.74. The highest BCUT2D eigenvalue weighted by atomic mass is 15.2. The summed E-state index contributed by atoms with van der Waals surface area (Å²) in [7, 11) is 2.02. The van der Waals surface area contributed by atoms with Gasteiger partial charge in [-0.2, -0.15) is 5.10 Å². The largest absolute Gasteiger partial charge is 0.310 e. The van der Waals surface area contributed by atoms with Crippen LogP contribution >= 0.6 is 0 Å². The van der Waals surface area contributed by atoms with Gasteiger partial charge in [0.25, 0.3) is 0 Å². The van der Waals surface area contributed by atoms with E-state index in [9.17, 15) is 0 Å². The molecule has 1 atom stereocenters. The molecule has 0 saturated carbocycles. The second-order valence-electron chi connectivity index (χ2n) is 5.61. The number of nitrogens with zero attached hydrogens (tertiary/aromatic N) is 2. The fraction of sp³-hybridized carbons (Fsp3) is 0.500. The molecule has 21 heavy (non-hydrogen) atoms. The molecular formula is C18H27N3. The second kappa shape index (κ2) is 8.63. The molecular weight excluding hydrogens is 258 g/mol. The molecule has 2 rings (SSSR count). The van der Waals surface area contributed by atoms with Crippen LogP contribution in [0.25, 0.3) is 0 Å². The monoisotopic (exact) mass is 285 g/mol. The highest BCUT2D eigenvalue weighted by Gasteiger charge is 2.09. The molecule has 3 nitrogen and oxygen atoms in total. The van der Waals surface area contributed by atoms with Gasteiger partial charge >= 0.3 is 0 Å². The summed E-state index contributed by atoms with van der Waals surface area (Å²) in [6.45, 7) is 3.30. The molecule has 2 aromatic rings. The van der Waals surface area contributed by atoms with Crippen molar-refractivity contribution >= 4 is 0 Å². The minimum Gasteiger partial charge on any atom is -0.310 e. The number of unbranched alkanes of at least 4 members (excludes halogenated alkanes) is 1. The zero-order valence-electron chi connectivity index (χ0n) is 13.3. The van der Waals surface area contributed by atoms with E-state index in [0.29, 0.717) is 6.04 Å². The lowest BCUT2D eigenvalue weighted by atomic mass is 10.00. The van der Waals surface area contributed by atoms with E-state index in [-0.39, 0.29) is 0 Å². The van der Waals surface area contributed by atoms with E-state index in [0.717, 1.165) is 13.0 Å². The van der Waals surface area contributed by atoms with Crippen LogP contribution in [-0.2, 0) is 13.5 Å². The Hall–Kier alpha value is -1.61. The van der Waals surface area contributed by atoms with Crippen LogP contribution in [0.3, 0.4) is 0 Å². The Morgan fingerprint density at radius 3 is 2.62 bits per heavy atom. The molecule has 0 fully saturated rings. The van der Waals surface area contributed by atoms with Crippen molar-refractivity contribution in [1.29, 1.82) is 0 Å². The van der Waals surface area contributed by atoms with Crippen LogP contribution in [0.2, 0.25) is 0 Å². The molecule has 114 valence electrons. The van der Waals surface area contributed by atoms with Gasteiger partial charge < -0.3 is 5.32 Å². The van der Waals surface area contributed by atoms with Gasteiger partial charge in [0.15, 0.2) is 0 Å². The molecule has 1 unspecified atom stereocenters. The first-order valence-corrected chi connectivity index (χ1v) is 8.06. The highest BCUT2D eigenvalue weighted by molar-refractivity contribution is 5.18. The summed E-state index contributed by atoms with van der Waals surface area (Å²) in [6.07, 6.45) is 7.83. The number of hydrogen-bond acceptors (Lipinski definition) is 2. The maximum absolute atomic E-state index is 4.22. The zero-order valence-corrected chi connectivity index (χ0v) is 13.3. The molecule has 0 aliphatic heterocycles. The smallest absolute Gasteiger partial charge is 0.0492 e. The second-order valence-corrected chi connectivity index (χ2v) is 5.61. The molecule has 1 aromatic heterocycles. The van der Waals surface area contributed by atoms with Gasteiger partial charge in [-0.15, -0.1) is 0 Å². The summed E-state index contributed by atoms with van der Waals surface area (Å²) >= 11 is 0. The lowest BCUT2D eigenvalue weighted by Crippen LogP contribution is -2.22. The highest BCUT2D eigenvalue weighted by Crippen LogP contribution is 2.20. The number of benzene rings is 1. The van der Waals surface area contributed by atoms with Crippen molar-refractivity contribution in [2.24, 2.45) is 7.05 Å². The van der Waals surface area contributed by atoms with E-state index in [1.165, 1.54) is 36.9 Å². The number of hydrogen-bond donors (Lipinski definition) is 1. The van der Waals surface area contributed by atoms with Crippen molar-refractivity contribution < 1.29 is 0 Å². The number of nitrogens with one attached hydrogen (secondary N) is 1. The van der Waals surface area contributed by atoms with Gasteiger partial charge in [-0.25, -0.2) is 0 Å². The van der Waals surface area contributed by atoms with Gasteiger partial charge in [-0.1, -0.05) is 43.7 Å². The van der Waals surface area contributed by atoms with Crippen LogP contribution in [0.4, 0.5) is 0 Å². The predicted molar refractivity (Wildman–Crippen MR) is 88.2 cm³/mol. The van der Waals surface area contributed by atoms with Gasteiger partial charge in [-0.05, 0) is 43.9 Å². The van der Waals surface area contributed by atoms with E-state index in [2.05, 4.69) is 53.7 Å². The van der Waals surface area contributed by atoms with Crippen molar-refractivity contribution in [2.45, 2.75) is 45.1 Å². The average Bonchev–Trinajstić information content (AvgIpc) is 2.93. The SMILES string of the molecule is CCCNC(CCCCc1ccnn1C)c1ccccc1. The van der Waals surface area contributed by atoms with E-state index in [1.54, 1.807) is 0 Å². The minimum absolute atomic E-state index is 0.484. The van der Waals surface area contributed by atoms with Gasteiger partial charge in [-0.3, -0.25) is 4.68 Å². The minimum atomic E-state index is 0.484. The van der Waals surface area contributed by atoms with Crippen LogP contribution < -0.4 is 5.32 Å². The summed E-state index contributed by atoms with van der Waals surface area (Å²) in [4.78, 5) is 0. The van der Waals surface area contributed by atoms with E-state index in [4.69, 9.17) is 0 Å². The quantitative estimate of drug-likeness (QED) is 0.709. The molecule has 0 aliphatic rings. The zero-order chi connectivity index (χ0) is 14.9. The van der Waals surface area contributed by atoms with E-state index >= 15 is 0 Å². The third-order valence-corrected chi connectivity index (χ3v) is 3.94. The number of aromatic nitrogens is 2. The Balaban J connectivity index is 1.80. The Kier molecular flexibility index (Phi) is 6.48. The fourth-order valence-corrected chi connectivity index (χ4v) is 2.69. The van der Waals surface area contributed by atoms with Crippen LogP contribution in [0.1, 0.15) is 49.9 Å². The normalized spacial score (nSPS) is 12.5. The van der Waals surface area contributed by atoms with Crippen molar-refractivity contribution in [3.05, 3.63) is 53.9 Å². The van der Waals surface area contributed by atoms with Gasteiger partial charge in [0.05, 0.1) is 0 Å². The predicted octanol–water partition coefficient (Wildman–Crippen LogP) is 3.87. The maximum Gasteiger partial charge on any atom is 0.0492 e. The number of rotatable bonds is 9. The first-order chi connectivity index (χ1) is 10.3. The average molecular weight is 285 g/mol. The standard InChI is InChI=1S/C18H27N3/c1-3-14-19-18(16-9-5-4-6-10-16)12-8-7-11-17-13-15-20-21(17)2/h4-6,9-10,13,15,18-19H,3,7-8,11-12,14H2,1-2H3. The van der Waals surface area contributed by atoms with Gasteiger partial charge in [0.2, 0.25) is 0 Å². The fourth-order valence-electron chi connectivity index (χ4n) is 2.69. The summed E-state index contributed by atoms with van der Waals surface area (Å²) < 4.78 is 1.98. The third kappa shape index (κ3) is 5.01. The lowest BCUT2D eigenvalue weighted by molar-refractivity contribution is 0.474. The van der Waals surface area contributed by atoms with Gasteiger partial charge in [0, 0.05) is 25.0 Å². The molecule has 0 amide bonds. The maximum atomic E-state index is 4.22. The van der Waals surface area contributed by atoms with Crippen LogP contribution in [0.15, 0.2) is 42.6 Å². The lowest BCUT2D eigenvalue weighted by Gasteiger charge is -2.19. The van der Waals surface area contributed by atoms with Crippen molar-refractivity contribution in [3.63, 3.8) is 0 Å². The summed E-state index contributed by atoms with van der Waals surface area (Å²) in [6, 6.07) is 13.4. The molecule has 0 aliphatic carbocycles. The molecule has 0 saturated heterocycles. The topological polar surface area (TPSA) is 29.9 Å². The van der Waals surface area contributed by atoms with Crippen LogP contribution in [-0.4, -0.2) is 16.3 Å². The van der Waals surface area contributed by atoms with Crippen molar-refractivity contribution in [2.75, 3.05) is 6.54 Å². The Morgan fingerprint density at radius 1 is 1.14 bits per heavy atom. The molecule has 0 radical (unpaired) electrons. The molecule has 1 aromatic carbocycles. The summed E-state index contributed by atoms with van der Waals surface area (Å²) in [5, 5.41) is 7.90. The first kappa shape index (κ1) is 15.8. The third-order valence-electron chi connectivity index (χ3n) is 3.94. The Bertz CT molecular complexity index is 504. The molecule has 1 heterocycles. The van der Waals surface area contributed by atoms with E-state index < -0.39 is 0 Å². The molecule has 1 N–H and O–H groups in total. The summed E-state index contributed by atoms with van der Waals surface area (Å²) in [5.74, 6) is 0. The molecule has 0 bridgehead atoms. The first-order valence-electron chi connectivity index (χ1n) is 8.06. The number of aryl methyl sites for hydroxylation is 2. The van der Waals surface area contributed by atoms with Gasteiger partial charge in [0.1, 0.15) is 0 Å². The molecule has 0 spiro atoms. The van der Waals surface area contributed by atoms with E-state index in [1.807, 2.05) is 17.9 Å².